The van der Waals surface area contributed by atoms with Gasteiger partial charge in [0.25, 0.3) is 0 Å². The normalized spacial score (nSPS) is 12.0. The molecule has 0 unspecified atom stereocenters. The van der Waals surface area contributed by atoms with Crippen LogP contribution in [0.25, 0.3) is 73.1 Å². The SMILES string of the molecule is Clc1cccc(-c2nc(-c3ccccc3)nc(-c3ccc(-c4c(-c5ccccc5)cc(C5=CC=C5)cc4-c4ccccc4)cc3)n2)c1. The van der Waals surface area contributed by atoms with Crippen molar-refractivity contribution in [2.24, 2.45) is 0 Å². The lowest BCUT2D eigenvalue weighted by atomic mass is 9.83. The fourth-order valence-corrected chi connectivity index (χ4v) is 6.15. The molecule has 3 nitrogen and oxygen atoms in total. The Morgan fingerprint density at radius 2 is 0.830 bits per heavy atom. The smallest absolute Gasteiger partial charge is 0.164 e. The van der Waals surface area contributed by atoms with Gasteiger partial charge in [-0.15, -0.1) is 0 Å². The van der Waals surface area contributed by atoms with Crippen molar-refractivity contribution >= 4 is 17.2 Å². The highest BCUT2D eigenvalue weighted by Crippen LogP contribution is 2.43. The molecule has 1 aliphatic carbocycles. The Kier molecular flexibility index (Phi) is 7.58. The molecule has 6 aromatic carbocycles. The molecule has 1 aliphatic rings. The molecule has 47 heavy (non-hydrogen) atoms. The number of halogens is 1. The Bertz CT molecular complexity index is 2210. The van der Waals surface area contributed by atoms with Crippen LogP contribution in [0.3, 0.4) is 0 Å². The van der Waals surface area contributed by atoms with Gasteiger partial charge in [0, 0.05) is 21.7 Å². The van der Waals surface area contributed by atoms with E-state index in [1.165, 1.54) is 39.0 Å². The van der Waals surface area contributed by atoms with Gasteiger partial charge in [-0.05, 0) is 68.8 Å². The Labute approximate surface area is 279 Å². The van der Waals surface area contributed by atoms with E-state index < -0.39 is 0 Å². The first-order valence-corrected chi connectivity index (χ1v) is 15.9. The van der Waals surface area contributed by atoms with Crippen LogP contribution < -0.4 is 0 Å². The van der Waals surface area contributed by atoms with Crippen LogP contribution in [0.15, 0.2) is 170 Å². The highest BCUT2D eigenvalue weighted by molar-refractivity contribution is 6.30. The Morgan fingerprint density at radius 1 is 0.383 bits per heavy atom. The summed E-state index contributed by atoms with van der Waals surface area (Å²) in [6.07, 6.45) is 6.43. The molecule has 4 heteroatoms. The van der Waals surface area contributed by atoms with Gasteiger partial charge >= 0.3 is 0 Å². The average molecular weight is 622 g/mol. The van der Waals surface area contributed by atoms with E-state index in [0.29, 0.717) is 22.5 Å². The Morgan fingerprint density at radius 3 is 1.32 bits per heavy atom. The van der Waals surface area contributed by atoms with Crippen molar-refractivity contribution < 1.29 is 0 Å². The highest BCUT2D eigenvalue weighted by atomic mass is 35.5. The zero-order valence-corrected chi connectivity index (χ0v) is 26.1. The summed E-state index contributed by atoms with van der Waals surface area (Å²) in [5.41, 5.74) is 12.1. The summed E-state index contributed by atoms with van der Waals surface area (Å²) < 4.78 is 0. The molecule has 7 aromatic rings. The van der Waals surface area contributed by atoms with Gasteiger partial charge < -0.3 is 0 Å². The second-order valence-corrected chi connectivity index (χ2v) is 11.9. The van der Waals surface area contributed by atoms with Crippen LogP contribution in [0.2, 0.25) is 5.02 Å². The van der Waals surface area contributed by atoms with E-state index in [1.807, 2.05) is 54.6 Å². The van der Waals surface area contributed by atoms with Crippen molar-refractivity contribution in [2.45, 2.75) is 0 Å². The van der Waals surface area contributed by atoms with Crippen LogP contribution in [0.4, 0.5) is 0 Å². The molecule has 0 aliphatic heterocycles. The van der Waals surface area contributed by atoms with E-state index in [0.717, 1.165) is 22.3 Å². The van der Waals surface area contributed by atoms with Crippen molar-refractivity contribution in [2.75, 3.05) is 0 Å². The largest absolute Gasteiger partial charge is 0.208 e. The lowest BCUT2D eigenvalue weighted by Gasteiger charge is -2.20. The maximum atomic E-state index is 6.36. The van der Waals surface area contributed by atoms with Crippen LogP contribution in [-0.4, -0.2) is 15.0 Å². The van der Waals surface area contributed by atoms with Gasteiger partial charge in [0.1, 0.15) is 0 Å². The van der Waals surface area contributed by atoms with Crippen molar-refractivity contribution in [3.8, 4) is 67.5 Å². The minimum absolute atomic E-state index is 0.577. The number of hydrogen-bond donors (Lipinski definition) is 0. The lowest BCUT2D eigenvalue weighted by molar-refractivity contribution is 1.07. The summed E-state index contributed by atoms with van der Waals surface area (Å²) in [4.78, 5) is 14.7. The maximum Gasteiger partial charge on any atom is 0.164 e. The van der Waals surface area contributed by atoms with Gasteiger partial charge in [0.2, 0.25) is 0 Å². The summed E-state index contributed by atoms with van der Waals surface area (Å²) in [7, 11) is 0. The molecule has 0 N–H and O–H groups in total. The summed E-state index contributed by atoms with van der Waals surface area (Å²) in [6, 6.07) is 52.1. The van der Waals surface area contributed by atoms with Gasteiger partial charge in [-0.25, -0.2) is 15.0 Å². The minimum atomic E-state index is 0.577. The molecule has 0 radical (unpaired) electrons. The zero-order chi connectivity index (χ0) is 31.6. The first-order valence-electron chi connectivity index (χ1n) is 15.6. The van der Waals surface area contributed by atoms with Crippen molar-refractivity contribution in [3.05, 3.63) is 180 Å². The molecule has 8 rings (SSSR count). The Hall–Kier alpha value is -5.90. The third-order valence-electron chi connectivity index (χ3n) is 8.37. The molecule has 1 heterocycles. The number of aromatic nitrogens is 3. The summed E-state index contributed by atoms with van der Waals surface area (Å²) in [5, 5.41) is 0.633. The first kappa shape index (κ1) is 28.6. The molecule has 222 valence electrons. The van der Waals surface area contributed by atoms with E-state index in [2.05, 4.69) is 115 Å². The molecule has 0 atom stereocenters. The predicted octanol–water partition coefficient (Wildman–Crippen LogP) is 11.5. The number of rotatable bonds is 7. The molecule has 0 saturated carbocycles. The fourth-order valence-electron chi connectivity index (χ4n) is 5.96. The second-order valence-electron chi connectivity index (χ2n) is 11.4. The third kappa shape index (κ3) is 5.81. The van der Waals surface area contributed by atoms with Gasteiger partial charge in [-0.3, -0.25) is 0 Å². The molecule has 1 aromatic heterocycles. The molecule has 0 amide bonds. The number of benzene rings is 6. The van der Waals surface area contributed by atoms with E-state index in [-0.39, 0.29) is 0 Å². The van der Waals surface area contributed by atoms with Gasteiger partial charge in [0.05, 0.1) is 0 Å². The van der Waals surface area contributed by atoms with Crippen LogP contribution in [0, 0.1) is 0 Å². The summed E-state index contributed by atoms with van der Waals surface area (Å²) >= 11 is 6.36. The number of nitrogens with zero attached hydrogens (tertiary/aromatic N) is 3. The standard InChI is InChI=1S/C43H28ClN3/c44-37-21-11-20-35(26-37)43-46-41(33-16-8-3-9-17-33)45-42(47-43)34-24-22-32(23-25-34)40-38(30-12-4-1-5-13-30)27-36(29-18-10-19-29)28-39(40)31-14-6-2-7-15-31/h1-28H. The van der Waals surface area contributed by atoms with Crippen LogP contribution in [-0.2, 0) is 0 Å². The van der Waals surface area contributed by atoms with Crippen LogP contribution in [0.1, 0.15) is 5.56 Å². The summed E-state index contributed by atoms with van der Waals surface area (Å²) in [5.74, 6) is 1.79. The average Bonchev–Trinajstić information content (AvgIpc) is 3.11. The number of allylic oxidation sites excluding steroid dienone is 4. The van der Waals surface area contributed by atoms with Gasteiger partial charge in [0.15, 0.2) is 17.5 Å². The molecular formula is C43H28ClN3. The van der Waals surface area contributed by atoms with Crippen LogP contribution in [0.5, 0.6) is 0 Å². The summed E-state index contributed by atoms with van der Waals surface area (Å²) in [6.45, 7) is 0. The predicted molar refractivity (Wildman–Crippen MR) is 195 cm³/mol. The van der Waals surface area contributed by atoms with Gasteiger partial charge in [-0.2, -0.15) is 0 Å². The molecule has 0 fully saturated rings. The quantitative estimate of drug-likeness (QED) is 0.178. The van der Waals surface area contributed by atoms with E-state index in [4.69, 9.17) is 26.6 Å². The van der Waals surface area contributed by atoms with Crippen molar-refractivity contribution in [1.82, 2.24) is 15.0 Å². The topological polar surface area (TPSA) is 38.7 Å². The fraction of sp³-hybridized carbons (Fsp3) is 0. The first-order chi connectivity index (χ1) is 23.2. The second kappa shape index (κ2) is 12.5. The maximum absolute atomic E-state index is 6.36. The third-order valence-corrected chi connectivity index (χ3v) is 8.61. The monoisotopic (exact) mass is 621 g/mol. The van der Waals surface area contributed by atoms with Crippen molar-refractivity contribution in [1.29, 1.82) is 0 Å². The zero-order valence-electron chi connectivity index (χ0n) is 25.4. The molecule has 0 saturated heterocycles. The van der Waals surface area contributed by atoms with Gasteiger partial charge in [-0.1, -0.05) is 157 Å². The molecular weight excluding hydrogens is 594 g/mol. The highest BCUT2D eigenvalue weighted by Gasteiger charge is 2.19. The van der Waals surface area contributed by atoms with E-state index in [1.54, 1.807) is 0 Å². The number of hydrogen-bond acceptors (Lipinski definition) is 3. The van der Waals surface area contributed by atoms with E-state index in [9.17, 15) is 0 Å². The lowest BCUT2D eigenvalue weighted by Crippen LogP contribution is -2.00. The Balaban J connectivity index is 1.29. The molecule has 0 bridgehead atoms. The van der Waals surface area contributed by atoms with Crippen LogP contribution >= 0.6 is 11.6 Å². The van der Waals surface area contributed by atoms with Crippen molar-refractivity contribution in [3.63, 3.8) is 0 Å². The van der Waals surface area contributed by atoms with E-state index >= 15 is 0 Å². The minimum Gasteiger partial charge on any atom is -0.208 e. The molecule has 0 spiro atoms.